The molecule has 0 atom stereocenters. The summed E-state index contributed by atoms with van der Waals surface area (Å²) in [6.45, 7) is 5.93. The molecule has 0 heterocycles. The van der Waals surface area contributed by atoms with E-state index in [2.05, 4.69) is 24.5 Å². The monoisotopic (exact) mass is 252 g/mol. The fourth-order valence-electron chi connectivity index (χ4n) is 1.29. The third kappa shape index (κ3) is 5.54. The minimum Gasteiger partial charge on any atom is -0.497 e. The van der Waals surface area contributed by atoms with Crippen LogP contribution in [0.3, 0.4) is 0 Å². The highest BCUT2D eigenvalue weighted by Gasteiger charge is 1.98. The first-order chi connectivity index (χ1) is 8.11. The third-order valence-electron chi connectivity index (χ3n) is 2.28. The minimum absolute atomic E-state index is 0.593. The Hall–Kier alpha value is -1.29. The zero-order chi connectivity index (χ0) is 12.7. The van der Waals surface area contributed by atoms with Gasteiger partial charge in [-0.05, 0) is 35.8 Å². The van der Waals surface area contributed by atoms with E-state index in [0.29, 0.717) is 11.0 Å². The minimum atomic E-state index is 0.593. The number of methoxy groups -OCH3 is 1. The fourth-order valence-corrected chi connectivity index (χ4v) is 1.44. The Kier molecular flexibility index (Phi) is 5.77. The van der Waals surface area contributed by atoms with E-state index < -0.39 is 0 Å². The van der Waals surface area contributed by atoms with E-state index >= 15 is 0 Å². The Bertz CT molecular complexity index is 349. The molecule has 1 aromatic carbocycles. The highest BCUT2D eigenvalue weighted by atomic mass is 32.1. The third-order valence-corrected chi connectivity index (χ3v) is 2.57. The number of benzene rings is 1. The maximum atomic E-state index is 5.17. The summed E-state index contributed by atoms with van der Waals surface area (Å²) in [5, 5.41) is 7.05. The predicted molar refractivity (Wildman–Crippen MR) is 75.3 cm³/mol. The van der Waals surface area contributed by atoms with E-state index in [9.17, 15) is 0 Å². The molecule has 2 N–H and O–H groups in total. The van der Waals surface area contributed by atoms with Crippen molar-refractivity contribution in [1.29, 1.82) is 0 Å². The van der Waals surface area contributed by atoms with Crippen molar-refractivity contribution in [3.8, 4) is 5.75 Å². The SMILES string of the molecule is COc1ccc(CNC(=S)NCC(C)C)cc1. The molecule has 0 aliphatic rings. The Morgan fingerprint density at radius 2 is 1.88 bits per heavy atom. The van der Waals surface area contributed by atoms with Crippen LogP contribution in [0.25, 0.3) is 0 Å². The van der Waals surface area contributed by atoms with E-state index in [1.165, 1.54) is 5.56 Å². The van der Waals surface area contributed by atoms with Crippen LogP contribution in [-0.4, -0.2) is 18.8 Å². The summed E-state index contributed by atoms with van der Waals surface area (Å²) < 4.78 is 5.10. The maximum Gasteiger partial charge on any atom is 0.166 e. The van der Waals surface area contributed by atoms with Crippen LogP contribution in [0.2, 0.25) is 0 Å². The molecular weight excluding hydrogens is 232 g/mol. The molecule has 3 nitrogen and oxygen atoms in total. The van der Waals surface area contributed by atoms with Gasteiger partial charge in [-0.15, -0.1) is 0 Å². The van der Waals surface area contributed by atoms with E-state index in [-0.39, 0.29) is 0 Å². The van der Waals surface area contributed by atoms with Crippen molar-refractivity contribution in [2.75, 3.05) is 13.7 Å². The molecule has 94 valence electrons. The van der Waals surface area contributed by atoms with Crippen LogP contribution in [0.1, 0.15) is 19.4 Å². The molecule has 0 spiro atoms. The van der Waals surface area contributed by atoms with Gasteiger partial charge in [0, 0.05) is 13.1 Å². The molecule has 0 unspecified atom stereocenters. The molecule has 0 amide bonds. The van der Waals surface area contributed by atoms with E-state index in [1.54, 1.807) is 7.11 Å². The van der Waals surface area contributed by atoms with Crippen molar-refractivity contribution in [2.24, 2.45) is 5.92 Å². The number of thiocarbonyl (C=S) groups is 1. The molecule has 4 heteroatoms. The predicted octanol–water partition coefficient (Wildman–Crippen LogP) is 2.32. The van der Waals surface area contributed by atoms with Crippen LogP contribution in [0.15, 0.2) is 24.3 Å². The maximum absolute atomic E-state index is 5.17. The lowest BCUT2D eigenvalue weighted by Gasteiger charge is -2.12. The van der Waals surface area contributed by atoms with Gasteiger partial charge < -0.3 is 15.4 Å². The molecule has 17 heavy (non-hydrogen) atoms. The quantitative estimate of drug-likeness (QED) is 0.788. The van der Waals surface area contributed by atoms with E-state index in [1.807, 2.05) is 24.3 Å². The van der Waals surface area contributed by atoms with Gasteiger partial charge in [0.25, 0.3) is 0 Å². The zero-order valence-electron chi connectivity index (χ0n) is 10.6. The Morgan fingerprint density at radius 3 is 2.41 bits per heavy atom. The lowest BCUT2D eigenvalue weighted by Crippen LogP contribution is -2.36. The van der Waals surface area contributed by atoms with Gasteiger partial charge in [-0.2, -0.15) is 0 Å². The Morgan fingerprint density at radius 1 is 1.24 bits per heavy atom. The second kappa shape index (κ2) is 7.12. The average molecular weight is 252 g/mol. The number of rotatable bonds is 5. The van der Waals surface area contributed by atoms with Crippen LogP contribution in [-0.2, 0) is 6.54 Å². The van der Waals surface area contributed by atoms with Crippen LogP contribution >= 0.6 is 12.2 Å². The van der Waals surface area contributed by atoms with Gasteiger partial charge in [-0.1, -0.05) is 26.0 Å². The summed E-state index contributed by atoms with van der Waals surface area (Å²) in [5.74, 6) is 1.46. The van der Waals surface area contributed by atoms with Crippen LogP contribution in [0.5, 0.6) is 5.75 Å². The van der Waals surface area contributed by atoms with Crippen LogP contribution in [0, 0.1) is 5.92 Å². The molecule has 0 radical (unpaired) electrons. The van der Waals surface area contributed by atoms with Gasteiger partial charge in [-0.25, -0.2) is 0 Å². The molecule has 0 aromatic heterocycles. The fraction of sp³-hybridized carbons (Fsp3) is 0.462. The lowest BCUT2D eigenvalue weighted by molar-refractivity contribution is 0.414. The second-order valence-corrected chi connectivity index (χ2v) is 4.71. The van der Waals surface area contributed by atoms with Gasteiger partial charge in [0.1, 0.15) is 5.75 Å². The molecule has 0 fully saturated rings. The van der Waals surface area contributed by atoms with Gasteiger partial charge in [-0.3, -0.25) is 0 Å². The molecule has 0 aliphatic heterocycles. The average Bonchev–Trinajstić information content (AvgIpc) is 2.34. The topological polar surface area (TPSA) is 33.3 Å². The van der Waals surface area contributed by atoms with Crippen molar-refractivity contribution in [3.05, 3.63) is 29.8 Å². The first-order valence-corrected chi connectivity index (χ1v) is 6.17. The highest BCUT2D eigenvalue weighted by molar-refractivity contribution is 7.80. The Balaban J connectivity index is 2.31. The summed E-state index contributed by atoms with van der Waals surface area (Å²) in [6.07, 6.45) is 0. The normalized spacial score (nSPS) is 10.1. The van der Waals surface area contributed by atoms with Gasteiger partial charge in [0.05, 0.1) is 7.11 Å². The molecule has 1 rings (SSSR count). The van der Waals surface area contributed by atoms with E-state index in [0.717, 1.165) is 18.8 Å². The van der Waals surface area contributed by atoms with Crippen molar-refractivity contribution >= 4 is 17.3 Å². The first kappa shape index (κ1) is 13.8. The highest BCUT2D eigenvalue weighted by Crippen LogP contribution is 2.10. The van der Waals surface area contributed by atoms with Crippen molar-refractivity contribution < 1.29 is 4.74 Å². The number of nitrogens with one attached hydrogen (secondary N) is 2. The van der Waals surface area contributed by atoms with Gasteiger partial charge >= 0.3 is 0 Å². The molecule has 0 saturated carbocycles. The number of ether oxygens (including phenoxy) is 1. The lowest BCUT2D eigenvalue weighted by atomic mass is 10.2. The summed E-state index contributed by atoms with van der Waals surface area (Å²) in [4.78, 5) is 0. The molecular formula is C13H20N2OS. The summed E-state index contributed by atoms with van der Waals surface area (Å²) in [6, 6.07) is 7.94. The van der Waals surface area contributed by atoms with Crippen molar-refractivity contribution in [1.82, 2.24) is 10.6 Å². The van der Waals surface area contributed by atoms with Crippen molar-refractivity contribution in [3.63, 3.8) is 0 Å². The number of hydrogen-bond acceptors (Lipinski definition) is 2. The van der Waals surface area contributed by atoms with Gasteiger partial charge in [0.2, 0.25) is 0 Å². The van der Waals surface area contributed by atoms with Crippen LogP contribution < -0.4 is 15.4 Å². The zero-order valence-corrected chi connectivity index (χ0v) is 11.4. The van der Waals surface area contributed by atoms with Gasteiger partial charge in [0.15, 0.2) is 5.11 Å². The first-order valence-electron chi connectivity index (χ1n) is 5.76. The summed E-state index contributed by atoms with van der Waals surface area (Å²) in [7, 11) is 1.66. The molecule has 0 saturated heterocycles. The summed E-state index contributed by atoms with van der Waals surface area (Å²) in [5.41, 5.74) is 1.18. The number of hydrogen-bond donors (Lipinski definition) is 2. The second-order valence-electron chi connectivity index (χ2n) is 4.31. The largest absolute Gasteiger partial charge is 0.497 e. The van der Waals surface area contributed by atoms with E-state index in [4.69, 9.17) is 17.0 Å². The standard InChI is InChI=1S/C13H20N2OS/c1-10(2)8-14-13(17)15-9-11-4-6-12(16-3)7-5-11/h4-7,10H,8-9H2,1-3H3,(H2,14,15,17). The molecule has 0 bridgehead atoms. The smallest absolute Gasteiger partial charge is 0.166 e. The van der Waals surface area contributed by atoms with Crippen molar-refractivity contribution in [2.45, 2.75) is 20.4 Å². The molecule has 1 aromatic rings. The Labute approximate surface area is 109 Å². The summed E-state index contributed by atoms with van der Waals surface area (Å²) >= 11 is 5.17. The van der Waals surface area contributed by atoms with Crippen LogP contribution in [0.4, 0.5) is 0 Å². The molecule has 0 aliphatic carbocycles.